The van der Waals surface area contributed by atoms with Crippen molar-refractivity contribution in [3.05, 3.63) is 146 Å². The number of hydrogen-bond acceptors (Lipinski definition) is 15. The maximum atomic E-state index is 13.1. The molecule has 0 radical (unpaired) electrons. The van der Waals surface area contributed by atoms with E-state index < -0.39 is 97.5 Å². The quantitative estimate of drug-likeness (QED) is 0.0169. The van der Waals surface area contributed by atoms with Crippen LogP contribution in [0.3, 0.4) is 0 Å². The molecule has 0 fully saturated rings. The molecule has 0 amide bonds. The zero-order valence-corrected chi connectivity index (χ0v) is 68.1. The molecule has 0 aliphatic rings. The van der Waals surface area contributed by atoms with Gasteiger partial charge in [-0.05, 0) is 154 Å². The molecule has 606 valence electrons. The van der Waals surface area contributed by atoms with Crippen LogP contribution in [0.1, 0.15) is 323 Å². The van der Waals surface area contributed by atoms with Gasteiger partial charge in [0.05, 0.1) is 26.4 Å². The molecule has 0 heterocycles. The summed E-state index contributed by atoms with van der Waals surface area (Å²) in [7, 11) is -10.00. The number of allylic oxidation sites excluding steroid dienone is 24. The zero-order valence-electron chi connectivity index (χ0n) is 66.3. The van der Waals surface area contributed by atoms with Crippen LogP contribution in [0, 0.1) is 0 Å². The van der Waals surface area contributed by atoms with E-state index in [9.17, 15) is 43.2 Å². The Morgan fingerprint density at radius 3 is 0.877 bits per heavy atom. The summed E-state index contributed by atoms with van der Waals surface area (Å²) >= 11 is 0. The minimum absolute atomic E-state index is 0.0292. The van der Waals surface area contributed by atoms with E-state index in [0.29, 0.717) is 32.1 Å². The Bertz CT molecular complexity index is 2580. The minimum Gasteiger partial charge on any atom is -0.462 e. The Morgan fingerprint density at radius 2 is 0.528 bits per heavy atom. The molecule has 19 heteroatoms. The molecule has 0 spiro atoms. The van der Waals surface area contributed by atoms with Crippen LogP contribution >= 0.6 is 15.6 Å². The Morgan fingerprint density at radius 1 is 0.274 bits per heavy atom. The molecule has 17 nitrogen and oxygen atoms in total. The molecule has 0 aromatic carbocycles. The number of ether oxygens (including phenoxy) is 4. The highest BCUT2D eigenvalue weighted by atomic mass is 31.2. The first-order chi connectivity index (χ1) is 51.7. The van der Waals surface area contributed by atoms with Crippen LogP contribution in [0.4, 0.5) is 0 Å². The minimum atomic E-state index is -5.00. The van der Waals surface area contributed by atoms with Gasteiger partial charge in [0, 0.05) is 25.7 Å². The van der Waals surface area contributed by atoms with Gasteiger partial charge in [-0.2, -0.15) is 0 Å². The average Bonchev–Trinajstić information content (AvgIpc) is 0.901. The summed E-state index contributed by atoms with van der Waals surface area (Å²) in [6.45, 7) is 4.55. The molecule has 0 saturated heterocycles. The number of esters is 4. The van der Waals surface area contributed by atoms with E-state index in [0.717, 1.165) is 180 Å². The normalized spacial score (nSPS) is 14.6. The van der Waals surface area contributed by atoms with Gasteiger partial charge < -0.3 is 33.8 Å². The standard InChI is InChI=1S/C87H146O17P2/c1-5-9-13-17-21-25-29-33-36-38-40-42-45-48-51-55-59-63-67-71-84(89)97-77-82(103-86(91)73-69-65-61-57-53-47-32-28-24-20-16-12-8-4)79-101-105(93,94)99-75-81(88)76-100-106(95,96)102-80-83(104-87(92)74-70-66-62-58-54-50-44-35-31-27-23-19-15-11-7-3)78-98-85(90)72-68-64-60-56-52-49-46-43-41-39-37-34-30-26-22-18-14-10-6-2/h9,13,16,20-22,25-26,28,32-37,40-44,48,51,59,63,81-83,88H,5-8,10-12,14-15,17-19,23-24,27,29-31,38-39,45-47,49-50,52-58,60-62,64-80H2,1-4H3,(H,93,94)(H,95,96)/b13-9-,20-16-,25-21-,26-22-,32-28-,36-33-,37-34-,42-40-,43-41-,44-35-,51-48-,63-59-. The van der Waals surface area contributed by atoms with E-state index in [2.05, 4.69) is 155 Å². The number of rotatable bonds is 76. The molecule has 5 atom stereocenters. The van der Waals surface area contributed by atoms with Gasteiger partial charge in [0.2, 0.25) is 0 Å². The van der Waals surface area contributed by atoms with Crippen LogP contribution < -0.4 is 0 Å². The maximum Gasteiger partial charge on any atom is 0.472 e. The number of aliphatic hydroxyl groups excluding tert-OH is 1. The second-order valence-corrected chi connectivity index (χ2v) is 29.9. The fraction of sp³-hybridized carbons (Fsp3) is 0.678. The number of phosphoric acid groups is 2. The summed E-state index contributed by atoms with van der Waals surface area (Å²) in [5.41, 5.74) is 0. The Labute approximate surface area is 643 Å². The fourth-order valence-electron chi connectivity index (χ4n) is 10.5. The van der Waals surface area contributed by atoms with Gasteiger partial charge >= 0.3 is 39.5 Å². The van der Waals surface area contributed by atoms with Crippen LogP contribution in [-0.4, -0.2) is 96.7 Å². The van der Waals surface area contributed by atoms with Crippen LogP contribution in [0.5, 0.6) is 0 Å². The number of phosphoric ester groups is 2. The first kappa shape index (κ1) is 101. The Balaban J connectivity index is 5.43. The van der Waals surface area contributed by atoms with Crippen molar-refractivity contribution < 1.29 is 80.2 Å². The lowest BCUT2D eigenvalue weighted by molar-refractivity contribution is -0.161. The van der Waals surface area contributed by atoms with Gasteiger partial charge in [0.15, 0.2) is 12.2 Å². The second kappa shape index (κ2) is 78.1. The summed E-state index contributed by atoms with van der Waals surface area (Å²) in [4.78, 5) is 73.1. The third-order valence-electron chi connectivity index (χ3n) is 16.8. The topological polar surface area (TPSA) is 237 Å². The highest BCUT2D eigenvalue weighted by Gasteiger charge is 2.30. The summed E-state index contributed by atoms with van der Waals surface area (Å²) in [6.07, 6.45) is 89.8. The Hall–Kier alpha value is -5.06. The number of aliphatic hydroxyl groups is 1. The van der Waals surface area contributed by atoms with E-state index in [4.69, 9.17) is 37.0 Å². The van der Waals surface area contributed by atoms with Crippen molar-refractivity contribution in [1.82, 2.24) is 0 Å². The monoisotopic (exact) mass is 1530 g/mol. The fourth-order valence-corrected chi connectivity index (χ4v) is 12.1. The van der Waals surface area contributed by atoms with Crippen molar-refractivity contribution in [1.29, 1.82) is 0 Å². The number of carbonyl (C=O) groups excluding carboxylic acids is 4. The van der Waals surface area contributed by atoms with Crippen molar-refractivity contribution in [2.24, 2.45) is 0 Å². The lowest BCUT2D eigenvalue weighted by Crippen LogP contribution is -2.30. The largest absolute Gasteiger partial charge is 0.472 e. The van der Waals surface area contributed by atoms with Gasteiger partial charge in [0.25, 0.3) is 0 Å². The van der Waals surface area contributed by atoms with Crippen molar-refractivity contribution in [3.8, 4) is 0 Å². The zero-order chi connectivity index (χ0) is 77.4. The van der Waals surface area contributed by atoms with E-state index in [-0.39, 0.29) is 25.7 Å². The number of hydrogen-bond donors (Lipinski definition) is 3. The van der Waals surface area contributed by atoms with Gasteiger partial charge in [-0.25, -0.2) is 9.13 Å². The molecule has 0 aliphatic carbocycles. The van der Waals surface area contributed by atoms with Gasteiger partial charge in [-0.1, -0.05) is 289 Å². The van der Waals surface area contributed by atoms with Gasteiger partial charge in [-0.3, -0.25) is 37.3 Å². The number of unbranched alkanes of at least 4 members (excludes halogenated alkanes) is 26. The van der Waals surface area contributed by atoms with E-state index >= 15 is 0 Å². The van der Waals surface area contributed by atoms with Crippen LogP contribution in [0.25, 0.3) is 0 Å². The van der Waals surface area contributed by atoms with Crippen LogP contribution in [-0.2, 0) is 65.4 Å². The van der Waals surface area contributed by atoms with Gasteiger partial charge in [0.1, 0.15) is 19.3 Å². The van der Waals surface area contributed by atoms with E-state index in [1.165, 1.54) is 57.8 Å². The van der Waals surface area contributed by atoms with Crippen molar-refractivity contribution in [2.75, 3.05) is 39.6 Å². The van der Waals surface area contributed by atoms with Crippen molar-refractivity contribution in [2.45, 2.75) is 341 Å². The van der Waals surface area contributed by atoms with E-state index in [1.54, 1.807) is 0 Å². The predicted octanol–water partition coefficient (Wildman–Crippen LogP) is 24.2. The predicted molar refractivity (Wildman–Crippen MR) is 436 cm³/mol. The highest BCUT2D eigenvalue weighted by Crippen LogP contribution is 2.45. The number of carbonyl (C=O) groups is 4. The van der Waals surface area contributed by atoms with Crippen LogP contribution in [0.15, 0.2) is 146 Å². The van der Waals surface area contributed by atoms with Crippen molar-refractivity contribution >= 4 is 39.5 Å². The lowest BCUT2D eigenvalue weighted by atomic mass is 10.1. The molecule has 3 N–H and O–H groups in total. The highest BCUT2D eigenvalue weighted by molar-refractivity contribution is 7.47. The maximum absolute atomic E-state index is 13.1. The molecule has 0 aromatic heterocycles. The second-order valence-electron chi connectivity index (χ2n) is 27.0. The third kappa shape index (κ3) is 77.1. The average molecular weight is 1530 g/mol. The molecule has 106 heavy (non-hydrogen) atoms. The van der Waals surface area contributed by atoms with Crippen LogP contribution in [0.2, 0.25) is 0 Å². The summed E-state index contributed by atoms with van der Waals surface area (Å²) in [5, 5.41) is 10.6. The molecule has 0 aliphatic heterocycles. The third-order valence-corrected chi connectivity index (χ3v) is 18.7. The smallest absolute Gasteiger partial charge is 0.462 e. The van der Waals surface area contributed by atoms with Gasteiger partial charge in [-0.15, -0.1) is 0 Å². The molecule has 0 aromatic rings. The summed E-state index contributed by atoms with van der Waals surface area (Å²) in [5.74, 6) is -2.31. The molecule has 5 unspecified atom stereocenters. The SMILES string of the molecule is CC/C=C\C/C=C\C/C=C\C/C=C\C/C=C\C/C=C\CCC(=O)OCC(COP(=O)(O)OCC(O)COP(=O)(O)OCC(COC(=O)CCCCCCCC/C=C\C/C=C\C/C=C\CCCCC)OC(=O)CCCCCCC/C=C\CCCCCCCC)OC(=O)CCCCCCC/C=C\C/C=C\CCC. The molecule has 0 rings (SSSR count). The van der Waals surface area contributed by atoms with E-state index in [1.807, 2.05) is 18.2 Å². The molecule has 0 saturated carbocycles. The molecular weight excluding hydrogens is 1380 g/mol. The summed E-state index contributed by atoms with van der Waals surface area (Å²) in [6, 6.07) is 0. The first-order valence-electron chi connectivity index (χ1n) is 41.1. The molecule has 0 bridgehead atoms. The summed E-state index contributed by atoms with van der Waals surface area (Å²) < 4.78 is 68.6. The van der Waals surface area contributed by atoms with Crippen molar-refractivity contribution in [3.63, 3.8) is 0 Å². The lowest BCUT2D eigenvalue weighted by Gasteiger charge is -2.21. The Kier molecular flexibility index (Phi) is 74.3. The molecular formula is C87H146O17P2. The first-order valence-corrected chi connectivity index (χ1v) is 44.1.